The van der Waals surface area contributed by atoms with Gasteiger partial charge in [0.1, 0.15) is 15.0 Å². The molecule has 2 rings (SSSR count). The van der Waals surface area contributed by atoms with Crippen LogP contribution in [-0.4, -0.2) is 31.7 Å². The number of allylic oxidation sites excluding steroid dienone is 2. The number of carboxylic acids is 1. The van der Waals surface area contributed by atoms with E-state index >= 15 is 0 Å². The maximum atomic E-state index is 12.7. The van der Waals surface area contributed by atoms with Gasteiger partial charge in [0.15, 0.2) is 0 Å². The van der Waals surface area contributed by atoms with E-state index in [1.165, 1.54) is 20.0 Å². The topological polar surface area (TPSA) is 122 Å². The molecule has 0 amide bonds. The van der Waals surface area contributed by atoms with Crippen molar-refractivity contribution in [3.05, 3.63) is 51.9 Å². The molecule has 1 heterocycles. The van der Waals surface area contributed by atoms with Crippen molar-refractivity contribution in [2.45, 2.75) is 6.92 Å². The summed E-state index contributed by atoms with van der Waals surface area (Å²) in [6, 6.07) is 10.5. The zero-order chi connectivity index (χ0) is 19.5. The van der Waals surface area contributed by atoms with E-state index in [2.05, 4.69) is 9.71 Å². The minimum absolute atomic E-state index is 0.0662. The molecular formula is C16H16ClN3O4S2. The highest BCUT2D eigenvalue weighted by Gasteiger charge is 2.27. The van der Waals surface area contributed by atoms with Crippen LogP contribution >= 0.6 is 22.9 Å². The lowest BCUT2D eigenvalue weighted by Crippen LogP contribution is -2.22. The first-order chi connectivity index (χ1) is 12.2. The van der Waals surface area contributed by atoms with Crippen LogP contribution in [-0.2, 0) is 10.0 Å². The number of nitrogens with two attached hydrogens (primary N) is 1. The van der Waals surface area contributed by atoms with Gasteiger partial charge in [0.05, 0.1) is 5.69 Å². The van der Waals surface area contributed by atoms with Gasteiger partial charge in [0, 0.05) is 17.6 Å². The van der Waals surface area contributed by atoms with Crippen molar-refractivity contribution < 1.29 is 18.3 Å². The molecule has 7 nitrogen and oxygen atoms in total. The Balaban J connectivity index is 2.54. The molecule has 1 aromatic carbocycles. The number of halogens is 1. The molecule has 0 saturated carbocycles. The van der Waals surface area contributed by atoms with Gasteiger partial charge in [-0.05, 0) is 18.6 Å². The first kappa shape index (κ1) is 20.0. The summed E-state index contributed by atoms with van der Waals surface area (Å²) in [7, 11) is -2.90. The second kappa shape index (κ2) is 7.90. The Kier molecular flexibility index (Phi) is 6.06. The van der Waals surface area contributed by atoms with Crippen molar-refractivity contribution in [2.24, 2.45) is 10.7 Å². The zero-order valence-electron chi connectivity index (χ0n) is 13.9. The minimum atomic E-state index is -4.23. The van der Waals surface area contributed by atoms with Gasteiger partial charge in [-0.25, -0.2) is 13.2 Å². The summed E-state index contributed by atoms with van der Waals surface area (Å²) < 4.78 is 27.6. The number of anilines is 1. The van der Waals surface area contributed by atoms with Gasteiger partial charge in [-0.15, -0.1) is 11.3 Å². The normalized spacial score (nSPS) is 13.3. The second-order valence-electron chi connectivity index (χ2n) is 5.16. The Bertz CT molecular complexity index is 992. The lowest BCUT2D eigenvalue weighted by molar-refractivity contribution is 0.0703. The van der Waals surface area contributed by atoms with Crippen molar-refractivity contribution in [1.82, 2.24) is 0 Å². The summed E-state index contributed by atoms with van der Waals surface area (Å²) in [4.78, 5) is 15.2. The molecular weight excluding hydrogens is 398 g/mol. The summed E-state index contributed by atoms with van der Waals surface area (Å²) in [6.45, 7) is 1.36. The fourth-order valence-corrected chi connectivity index (χ4v) is 4.92. The lowest BCUT2D eigenvalue weighted by atomic mass is 10.2. The van der Waals surface area contributed by atoms with Crippen LogP contribution in [0.5, 0.6) is 0 Å². The highest BCUT2D eigenvalue weighted by atomic mass is 35.5. The quantitative estimate of drug-likeness (QED) is 0.627. The number of hydrogen-bond donors (Lipinski definition) is 3. The third-order valence-electron chi connectivity index (χ3n) is 3.24. The van der Waals surface area contributed by atoms with E-state index in [0.717, 1.165) is 16.9 Å². The number of rotatable bonds is 6. The molecule has 0 bridgehead atoms. The monoisotopic (exact) mass is 413 g/mol. The van der Waals surface area contributed by atoms with E-state index in [4.69, 9.17) is 17.3 Å². The van der Waals surface area contributed by atoms with Crippen LogP contribution in [0.15, 0.2) is 52.0 Å². The summed E-state index contributed by atoms with van der Waals surface area (Å²) in [5.74, 6) is -1.25. The van der Waals surface area contributed by atoms with E-state index in [0.29, 0.717) is 4.88 Å². The predicted octanol–water partition coefficient (Wildman–Crippen LogP) is 3.31. The van der Waals surface area contributed by atoms with Gasteiger partial charge in [-0.1, -0.05) is 41.9 Å². The third kappa shape index (κ3) is 4.24. The number of benzene rings is 1. The molecule has 0 spiro atoms. The van der Waals surface area contributed by atoms with Crippen molar-refractivity contribution >= 4 is 49.8 Å². The number of nitrogens with zero attached hydrogens (tertiary/aromatic N) is 1. The largest absolute Gasteiger partial charge is 0.477 e. The Hall–Kier alpha value is -2.36. The molecule has 0 atom stereocenters. The number of thiophene rings is 1. The van der Waals surface area contributed by atoms with Crippen LogP contribution in [0.4, 0.5) is 5.69 Å². The molecule has 0 aliphatic rings. The van der Waals surface area contributed by atoms with Gasteiger partial charge in [0.2, 0.25) is 0 Å². The molecule has 0 aliphatic heterocycles. The zero-order valence-corrected chi connectivity index (χ0v) is 16.2. The molecule has 0 unspecified atom stereocenters. The lowest BCUT2D eigenvalue weighted by Gasteiger charge is -2.11. The van der Waals surface area contributed by atoms with Crippen LogP contribution in [0.25, 0.3) is 10.4 Å². The van der Waals surface area contributed by atoms with Crippen LogP contribution in [0.1, 0.15) is 16.6 Å². The molecule has 10 heteroatoms. The molecule has 0 fully saturated rings. The van der Waals surface area contributed by atoms with Crippen molar-refractivity contribution in [3.8, 4) is 10.4 Å². The summed E-state index contributed by atoms with van der Waals surface area (Å²) >= 11 is 6.82. The number of aromatic carboxylic acids is 1. The number of carboxylic acid groups (broad SMARTS) is 1. The Morgan fingerprint density at radius 3 is 2.42 bits per heavy atom. The molecule has 0 aliphatic carbocycles. The van der Waals surface area contributed by atoms with E-state index in [1.54, 1.807) is 24.3 Å². The number of sulfonamides is 1. The first-order valence-electron chi connectivity index (χ1n) is 7.21. The highest BCUT2D eigenvalue weighted by Crippen LogP contribution is 2.36. The Morgan fingerprint density at radius 2 is 1.92 bits per heavy atom. The SMILES string of the molecule is CN=C(Cl)C(=C(C)N)S(=O)(=O)Nc1cc(-c2ccccc2)sc1C(=O)O. The Morgan fingerprint density at radius 1 is 1.31 bits per heavy atom. The van der Waals surface area contributed by atoms with Gasteiger partial charge < -0.3 is 10.8 Å². The first-order valence-corrected chi connectivity index (χ1v) is 9.89. The highest BCUT2D eigenvalue weighted by molar-refractivity contribution is 7.97. The fraction of sp³-hybridized carbons (Fsp3) is 0.125. The number of hydrogen-bond acceptors (Lipinski definition) is 6. The second-order valence-corrected chi connectivity index (χ2v) is 8.19. The van der Waals surface area contributed by atoms with Crippen molar-refractivity contribution in [3.63, 3.8) is 0 Å². The van der Waals surface area contributed by atoms with Crippen LogP contribution in [0.2, 0.25) is 0 Å². The van der Waals surface area contributed by atoms with Crippen molar-refractivity contribution in [1.29, 1.82) is 0 Å². The smallest absolute Gasteiger partial charge is 0.348 e. The maximum Gasteiger partial charge on any atom is 0.348 e. The summed E-state index contributed by atoms with van der Waals surface area (Å²) in [5.41, 5.74) is 6.26. The van der Waals surface area contributed by atoms with Crippen LogP contribution in [0, 0.1) is 0 Å². The molecule has 138 valence electrons. The molecule has 4 N–H and O–H groups in total. The average Bonchev–Trinajstić information content (AvgIpc) is 2.98. The van der Waals surface area contributed by atoms with E-state index in [1.807, 2.05) is 6.07 Å². The molecule has 0 radical (unpaired) electrons. The molecule has 1 aromatic heterocycles. The van der Waals surface area contributed by atoms with Crippen molar-refractivity contribution in [2.75, 3.05) is 11.8 Å². The minimum Gasteiger partial charge on any atom is -0.477 e. The molecule has 2 aromatic rings. The maximum absolute atomic E-state index is 12.7. The standard InChI is InChI=1S/C16H16ClN3O4S2/c1-9(18)14(15(17)19-2)26(23,24)20-11-8-12(25-13(11)16(21)22)10-6-4-3-5-7-10/h3-8,20H,18H2,1-2H3,(H,21,22). The number of carbonyl (C=O) groups is 1. The van der Waals surface area contributed by atoms with Gasteiger partial charge in [-0.2, -0.15) is 0 Å². The summed E-state index contributed by atoms with van der Waals surface area (Å²) in [6.07, 6.45) is 0. The Labute approximate surface area is 159 Å². The van der Waals surface area contributed by atoms with Crippen LogP contribution in [0.3, 0.4) is 0 Å². The van der Waals surface area contributed by atoms with Gasteiger partial charge in [0.25, 0.3) is 10.0 Å². The third-order valence-corrected chi connectivity index (χ3v) is 6.42. The summed E-state index contributed by atoms with van der Waals surface area (Å²) in [5, 5.41) is 9.12. The molecule has 26 heavy (non-hydrogen) atoms. The molecule has 0 saturated heterocycles. The van der Waals surface area contributed by atoms with E-state index in [-0.39, 0.29) is 21.4 Å². The predicted molar refractivity (Wildman–Crippen MR) is 105 cm³/mol. The average molecular weight is 414 g/mol. The van der Waals surface area contributed by atoms with E-state index in [9.17, 15) is 18.3 Å². The van der Waals surface area contributed by atoms with E-state index < -0.39 is 20.9 Å². The number of nitrogens with one attached hydrogen (secondary N) is 1. The van der Waals surface area contributed by atoms with Crippen LogP contribution < -0.4 is 10.5 Å². The number of aliphatic imine (C=N–C) groups is 1. The van der Waals surface area contributed by atoms with Gasteiger partial charge in [-0.3, -0.25) is 9.71 Å². The fourth-order valence-electron chi connectivity index (χ4n) is 2.15. The van der Waals surface area contributed by atoms with Gasteiger partial charge >= 0.3 is 5.97 Å².